The average molecular weight is 252 g/mol. The van der Waals surface area contributed by atoms with E-state index >= 15 is 0 Å². The largest absolute Gasteiger partial charge is 0.310 e. The highest BCUT2D eigenvalue weighted by Crippen LogP contribution is 2.22. The molecule has 2 heterocycles. The Kier molecular flexibility index (Phi) is 3.89. The van der Waals surface area contributed by atoms with Gasteiger partial charge in [-0.2, -0.15) is 0 Å². The highest BCUT2D eigenvalue weighted by atomic mass is 15.3. The molecule has 1 aliphatic carbocycles. The molecule has 0 aromatic rings. The molecule has 1 saturated carbocycles. The van der Waals surface area contributed by atoms with Gasteiger partial charge in [0.1, 0.15) is 0 Å². The van der Waals surface area contributed by atoms with Crippen molar-refractivity contribution < 1.29 is 0 Å². The zero-order valence-electron chi connectivity index (χ0n) is 11.9. The molecule has 2 saturated heterocycles. The molecule has 0 amide bonds. The predicted molar refractivity (Wildman–Crippen MR) is 74.9 cm³/mol. The fourth-order valence-corrected chi connectivity index (χ4v) is 3.31. The first kappa shape index (κ1) is 12.9. The number of likely N-dealkylation sites (tertiary alicyclic amines) is 1. The molecule has 104 valence electrons. The summed E-state index contributed by atoms with van der Waals surface area (Å²) in [7, 11) is 4.54. The van der Waals surface area contributed by atoms with E-state index in [0.29, 0.717) is 0 Å². The van der Waals surface area contributed by atoms with Gasteiger partial charge in [0.2, 0.25) is 0 Å². The second-order valence-corrected chi connectivity index (χ2v) is 6.58. The SMILES string of the molecule is CN1CCN(C)C(CN2CCC(NC3CC3)C2)C1. The molecule has 0 spiro atoms. The summed E-state index contributed by atoms with van der Waals surface area (Å²) in [4.78, 5) is 7.68. The van der Waals surface area contributed by atoms with E-state index in [-0.39, 0.29) is 0 Å². The van der Waals surface area contributed by atoms with Gasteiger partial charge >= 0.3 is 0 Å². The summed E-state index contributed by atoms with van der Waals surface area (Å²) in [6.07, 6.45) is 4.17. The summed E-state index contributed by atoms with van der Waals surface area (Å²) in [5.41, 5.74) is 0. The van der Waals surface area contributed by atoms with Crippen LogP contribution in [0.15, 0.2) is 0 Å². The molecule has 3 rings (SSSR count). The van der Waals surface area contributed by atoms with Crippen LogP contribution in [0, 0.1) is 0 Å². The first-order valence-electron chi connectivity index (χ1n) is 7.58. The number of nitrogens with zero attached hydrogens (tertiary/aromatic N) is 3. The number of rotatable bonds is 4. The van der Waals surface area contributed by atoms with Gasteiger partial charge in [0.25, 0.3) is 0 Å². The molecule has 0 radical (unpaired) electrons. The van der Waals surface area contributed by atoms with E-state index in [4.69, 9.17) is 0 Å². The summed E-state index contributed by atoms with van der Waals surface area (Å²) in [6, 6.07) is 2.35. The molecular weight excluding hydrogens is 224 g/mol. The first-order chi connectivity index (χ1) is 8.70. The molecule has 4 nitrogen and oxygen atoms in total. The predicted octanol–water partition coefficient (Wildman–Crippen LogP) is 0.0585. The van der Waals surface area contributed by atoms with Crippen molar-refractivity contribution in [2.75, 3.05) is 53.4 Å². The van der Waals surface area contributed by atoms with E-state index in [1.54, 1.807) is 0 Å². The van der Waals surface area contributed by atoms with Crippen molar-refractivity contribution in [1.29, 1.82) is 0 Å². The molecule has 1 N–H and O–H groups in total. The third-order valence-electron chi connectivity index (χ3n) is 4.77. The van der Waals surface area contributed by atoms with Crippen LogP contribution < -0.4 is 5.32 Å². The first-order valence-corrected chi connectivity index (χ1v) is 7.58. The van der Waals surface area contributed by atoms with E-state index in [1.165, 1.54) is 58.5 Å². The van der Waals surface area contributed by atoms with E-state index in [9.17, 15) is 0 Å². The highest BCUT2D eigenvalue weighted by molar-refractivity contribution is 4.91. The van der Waals surface area contributed by atoms with Crippen LogP contribution >= 0.6 is 0 Å². The zero-order valence-corrected chi connectivity index (χ0v) is 11.9. The third kappa shape index (κ3) is 3.23. The highest BCUT2D eigenvalue weighted by Gasteiger charge is 2.31. The molecule has 3 fully saturated rings. The quantitative estimate of drug-likeness (QED) is 0.764. The van der Waals surface area contributed by atoms with Crippen molar-refractivity contribution in [3.05, 3.63) is 0 Å². The van der Waals surface area contributed by atoms with Gasteiger partial charge in [-0.3, -0.25) is 4.90 Å². The molecule has 0 bridgehead atoms. The van der Waals surface area contributed by atoms with E-state index < -0.39 is 0 Å². The smallest absolute Gasteiger partial charge is 0.0347 e. The molecule has 2 atom stereocenters. The van der Waals surface area contributed by atoms with Gasteiger partial charge in [-0.05, 0) is 39.9 Å². The van der Waals surface area contributed by atoms with Gasteiger partial charge in [0.05, 0.1) is 0 Å². The lowest BCUT2D eigenvalue weighted by molar-refractivity contribution is 0.0884. The Bertz CT molecular complexity index is 279. The van der Waals surface area contributed by atoms with Crippen molar-refractivity contribution in [1.82, 2.24) is 20.0 Å². The molecule has 0 aromatic carbocycles. The van der Waals surface area contributed by atoms with E-state index in [1.807, 2.05) is 0 Å². The van der Waals surface area contributed by atoms with Crippen LogP contribution in [0.3, 0.4) is 0 Å². The molecule has 3 aliphatic rings. The number of piperazine rings is 1. The number of nitrogens with one attached hydrogen (secondary N) is 1. The zero-order chi connectivity index (χ0) is 12.5. The molecule has 4 heteroatoms. The Morgan fingerprint density at radius 1 is 0.944 bits per heavy atom. The van der Waals surface area contributed by atoms with Crippen LogP contribution in [-0.4, -0.2) is 86.2 Å². The van der Waals surface area contributed by atoms with E-state index in [2.05, 4.69) is 34.1 Å². The van der Waals surface area contributed by atoms with Crippen LogP contribution in [0.1, 0.15) is 19.3 Å². The Balaban J connectivity index is 1.44. The van der Waals surface area contributed by atoms with Crippen LogP contribution in [0.5, 0.6) is 0 Å². The number of hydrogen-bond donors (Lipinski definition) is 1. The Morgan fingerprint density at radius 3 is 2.56 bits per heavy atom. The molecule has 0 aromatic heterocycles. The molecule has 2 aliphatic heterocycles. The van der Waals surface area contributed by atoms with E-state index in [0.717, 1.165) is 18.1 Å². The lowest BCUT2D eigenvalue weighted by Gasteiger charge is -2.39. The maximum absolute atomic E-state index is 3.77. The van der Waals surface area contributed by atoms with Gasteiger partial charge in [-0.25, -0.2) is 0 Å². The standard InChI is InChI=1S/C14H28N4/c1-16-7-8-17(2)14(10-16)11-18-6-5-13(9-18)15-12-3-4-12/h12-15H,3-11H2,1-2H3. The fourth-order valence-electron chi connectivity index (χ4n) is 3.31. The van der Waals surface area contributed by atoms with Crippen LogP contribution in [-0.2, 0) is 0 Å². The van der Waals surface area contributed by atoms with Crippen molar-refractivity contribution in [2.45, 2.75) is 37.4 Å². The average Bonchev–Trinajstić information content (AvgIpc) is 3.04. The fraction of sp³-hybridized carbons (Fsp3) is 1.00. The third-order valence-corrected chi connectivity index (χ3v) is 4.77. The van der Waals surface area contributed by atoms with Crippen molar-refractivity contribution in [3.63, 3.8) is 0 Å². The van der Waals surface area contributed by atoms with Crippen molar-refractivity contribution in [3.8, 4) is 0 Å². The summed E-state index contributed by atoms with van der Waals surface area (Å²) in [5.74, 6) is 0. The Hall–Kier alpha value is -0.160. The summed E-state index contributed by atoms with van der Waals surface area (Å²) in [6.45, 7) is 7.48. The topological polar surface area (TPSA) is 21.8 Å². The molecule has 18 heavy (non-hydrogen) atoms. The Labute approximate surface area is 111 Å². The van der Waals surface area contributed by atoms with Gasteiger partial charge in [-0.1, -0.05) is 0 Å². The van der Waals surface area contributed by atoms with Crippen LogP contribution in [0.4, 0.5) is 0 Å². The van der Waals surface area contributed by atoms with Crippen molar-refractivity contribution >= 4 is 0 Å². The second-order valence-electron chi connectivity index (χ2n) is 6.58. The maximum Gasteiger partial charge on any atom is 0.0347 e. The maximum atomic E-state index is 3.77. The minimum atomic E-state index is 0.725. The number of hydrogen-bond acceptors (Lipinski definition) is 4. The Morgan fingerprint density at radius 2 is 1.78 bits per heavy atom. The summed E-state index contributed by atoms with van der Waals surface area (Å²) in [5, 5.41) is 3.77. The lowest BCUT2D eigenvalue weighted by atomic mass is 10.2. The molecular formula is C14H28N4. The van der Waals surface area contributed by atoms with Crippen LogP contribution in [0.2, 0.25) is 0 Å². The van der Waals surface area contributed by atoms with Crippen LogP contribution in [0.25, 0.3) is 0 Å². The van der Waals surface area contributed by atoms with Crippen molar-refractivity contribution in [2.24, 2.45) is 0 Å². The number of likely N-dealkylation sites (N-methyl/N-ethyl adjacent to an activating group) is 2. The van der Waals surface area contributed by atoms with Gasteiger partial charge in [0.15, 0.2) is 0 Å². The summed E-state index contributed by atoms with van der Waals surface area (Å²) < 4.78 is 0. The normalized spacial score (nSPS) is 36.3. The minimum Gasteiger partial charge on any atom is -0.310 e. The van der Waals surface area contributed by atoms with Gasteiger partial charge in [-0.15, -0.1) is 0 Å². The lowest BCUT2D eigenvalue weighted by Crippen LogP contribution is -2.54. The van der Waals surface area contributed by atoms with Gasteiger partial charge < -0.3 is 15.1 Å². The minimum absolute atomic E-state index is 0.725. The molecule has 2 unspecified atom stereocenters. The second kappa shape index (κ2) is 5.45. The van der Waals surface area contributed by atoms with Gasteiger partial charge in [0, 0.05) is 50.8 Å². The monoisotopic (exact) mass is 252 g/mol. The summed E-state index contributed by atoms with van der Waals surface area (Å²) >= 11 is 0.